The van der Waals surface area contributed by atoms with Gasteiger partial charge < -0.3 is 15.2 Å². The molecule has 0 saturated carbocycles. The van der Waals surface area contributed by atoms with Crippen LogP contribution in [0.1, 0.15) is 41.5 Å². The lowest BCUT2D eigenvalue weighted by atomic mass is 9.99. The first-order valence-electron chi connectivity index (χ1n) is 14.9. The van der Waals surface area contributed by atoms with Gasteiger partial charge in [0, 0.05) is 6.07 Å². The molecule has 0 heterocycles. The number of anilines is 1. The molecule has 0 radical (unpaired) electrons. The van der Waals surface area contributed by atoms with Crippen molar-refractivity contribution in [1.82, 2.24) is 0 Å². The number of rotatable bonds is 11. The van der Waals surface area contributed by atoms with Crippen molar-refractivity contribution in [2.24, 2.45) is 10.8 Å². The Labute approximate surface area is 302 Å². The highest BCUT2D eigenvalue weighted by molar-refractivity contribution is 7.87. The summed E-state index contributed by atoms with van der Waals surface area (Å²) in [5.74, 6) is 0.845. The molecule has 4 rings (SSSR count). The van der Waals surface area contributed by atoms with Crippen LogP contribution in [-0.4, -0.2) is 35.0 Å². The fourth-order valence-corrected chi connectivity index (χ4v) is 6.26. The molecule has 12 nitrogen and oxygen atoms in total. The zero-order chi connectivity index (χ0) is 37.5. The molecule has 0 aliphatic heterocycles. The van der Waals surface area contributed by atoms with E-state index in [1.807, 2.05) is 41.5 Å². The monoisotopic (exact) mass is 768 g/mol. The van der Waals surface area contributed by atoms with Gasteiger partial charge in [-0.3, -0.25) is 18.5 Å². The van der Waals surface area contributed by atoms with E-state index in [0.717, 1.165) is 0 Å². The number of para-hydroxylation sites is 2. The normalized spacial score (nSPS) is 12.1. The van der Waals surface area contributed by atoms with E-state index in [0.29, 0.717) is 22.2 Å². The maximum atomic E-state index is 12.2. The number of nitrogens with zero attached hydrogens (tertiary/aromatic N) is 1. The lowest BCUT2D eigenvalue weighted by molar-refractivity contribution is -0.385. The molecule has 2 N–H and O–H groups in total. The third kappa shape index (κ3) is 12.1. The molecule has 0 aliphatic carbocycles. The van der Waals surface area contributed by atoms with Crippen LogP contribution in [0.3, 0.4) is 0 Å². The third-order valence-corrected chi connectivity index (χ3v) is 9.25. The van der Waals surface area contributed by atoms with Crippen LogP contribution >= 0.6 is 23.2 Å². The largest absolute Gasteiger partial charge is 0.454 e. The quantitative estimate of drug-likeness (QED) is 0.0666. The summed E-state index contributed by atoms with van der Waals surface area (Å²) in [5.41, 5.74) is 5.37. The van der Waals surface area contributed by atoms with Crippen molar-refractivity contribution >= 4 is 54.8 Å². The SMILES string of the molecule is CC(C)(C)COS(=O)(=O)c1ccc(Oc2c(Cl)cccc2[N+](=O)[O-])cc1.CC(C)(C)COS(=O)(=O)c1ccc(Oc2c(N)cccc2Cl)cc1. The van der Waals surface area contributed by atoms with Gasteiger partial charge in [-0.05, 0) is 77.6 Å². The van der Waals surface area contributed by atoms with Crippen molar-refractivity contribution in [1.29, 1.82) is 0 Å². The van der Waals surface area contributed by atoms with Crippen LogP contribution in [0.4, 0.5) is 11.4 Å². The van der Waals surface area contributed by atoms with Gasteiger partial charge in [-0.25, -0.2) is 0 Å². The van der Waals surface area contributed by atoms with E-state index < -0.39 is 25.2 Å². The average Bonchev–Trinajstić information content (AvgIpc) is 3.02. The van der Waals surface area contributed by atoms with Gasteiger partial charge in [-0.15, -0.1) is 0 Å². The van der Waals surface area contributed by atoms with Crippen LogP contribution in [0.2, 0.25) is 10.0 Å². The van der Waals surface area contributed by atoms with Gasteiger partial charge in [0.2, 0.25) is 5.75 Å². The van der Waals surface area contributed by atoms with E-state index >= 15 is 0 Å². The van der Waals surface area contributed by atoms with Crippen molar-refractivity contribution in [2.45, 2.75) is 51.3 Å². The summed E-state index contributed by atoms with van der Waals surface area (Å²) in [7, 11) is -7.71. The molecule has 0 spiro atoms. The molecule has 0 unspecified atom stereocenters. The minimum atomic E-state index is -3.90. The van der Waals surface area contributed by atoms with E-state index in [1.54, 1.807) is 18.2 Å². The van der Waals surface area contributed by atoms with Crippen molar-refractivity contribution in [3.05, 3.63) is 105 Å². The van der Waals surface area contributed by atoms with Crippen LogP contribution < -0.4 is 15.2 Å². The highest BCUT2D eigenvalue weighted by Crippen LogP contribution is 2.38. The number of benzene rings is 4. The number of nitrogens with two attached hydrogens (primary N) is 1. The molecule has 0 bridgehead atoms. The molecule has 16 heteroatoms. The maximum Gasteiger partial charge on any atom is 0.313 e. The van der Waals surface area contributed by atoms with E-state index in [4.69, 9.17) is 46.8 Å². The molecule has 0 aromatic heterocycles. The van der Waals surface area contributed by atoms with Gasteiger partial charge in [0.25, 0.3) is 20.2 Å². The molecule has 0 atom stereocenters. The second-order valence-electron chi connectivity index (χ2n) is 13.2. The minimum Gasteiger partial charge on any atom is -0.454 e. The van der Waals surface area contributed by atoms with E-state index in [1.165, 1.54) is 66.7 Å². The third-order valence-electron chi connectivity index (χ3n) is 6.10. The average molecular weight is 770 g/mol. The number of nitrogen functional groups attached to an aromatic ring is 1. The predicted molar refractivity (Wildman–Crippen MR) is 192 cm³/mol. The number of halogens is 2. The molecule has 0 aliphatic rings. The molecular weight excluding hydrogens is 731 g/mol. The number of hydrogen-bond donors (Lipinski definition) is 1. The Hall–Kier alpha value is -3.92. The van der Waals surface area contributed by atoms with Crippen molar-refractivity contribution < 1.29 is 39.6 Å². The number of nitro groups is 1. The molecule has 0 amide bonds. The van der Waals surface area contributed by atoms with Gasteiger partial charge >= 0.3 is 5.69 Å². The summed E-state index contributed by atoms with van der Waals surface area (Å²) in [6, 6.07) is 20.4. The minimum absolute atomic E-state index is 0.0391. The van der Waals surface area contributed by atoms with Gasteiger partial charge in [-0.2, -0.15) is 16.8 Å². The fourth-order valence-electron chi connectivity index (χ4n) is 3.60. The first kappa shape index (κ1) is 40.5. The highest BCUT2D eigenvalue weighted by Gasteiger charge is 2.23. The second kappa shape index (κ2) is 16.4. The summed E-state index contributed by atoms with van der Waals surface area (Å²) in [6.45, 7) is 11.4. The van der Waals surface area contributed by atoms with E-state index in [-0.39, 0.29) is 56.0 Å². The van der Waals surface area contributed by atoms with Crippen molar-refractivity contribution in [3.8, 4) is 23.0 Å². The number of hydrogen-bond acceptors (Lipinski definition) is 11. The van der Waals surface area contributed by atoms with Crippen LogP contribution in [0.15, 0.2) is 94.7 Å². The second-order valence-corrected chi connectivity index (χ2v) is 17.2. The van der Waals surface area contributed by atoms with Crippen LogP contribution in [0.5, 0.6) is 23.0 Å². The van der Waals surface area contributed by atoms with Gasteiger partial charge in [0.05, 0.1) is 43.7 Å². The Balaban J connectivity index is 0.000000271. The van der Waals surface area contributed by atoms with Crippen molar-refractivity contribution in [2.75, 3.05) is 18.9 Å². The summed E-state index contributed by atoms with van der Waals surface area (Å²) in [4.78, 5) is 10.5. The topological polar surface area (TPSA) is 174 Å². The van der Waals surface area contributed by atoms with Crippen molar-refractivity contribution in [3.63, 3.8) is 0 Å². The number of nitro benzene ring substituents is 1. The molecule has 4 aromatic carbocycles. The Morgan fingerprint density at radius 1 is 0.640 bits per heavy atom. The summed E-state index contributed by atoms with van der Waals surface area (Å²) in [5, 5.41) is 11.5. The first-order valence-corrected chi connectivity index (χ1v) is 18.5. The molecular formula is C34H38Cl2N2O10S2. The smallest absolute Gasteiger partial charge is 0.313 e. The standard InChI is InChI=1S/C17H18ClNO6S.C17H20ClNO4S/c1-17(2,3)11-24-26(22,23)13-9-7-12(8-10-13)25-16-14(18)5-4-6-15(16)19(20)21;1-17(2,3)11-22-24(20,21)13-9-7-12(8-10-13)23-16-14(18)5-4-6-15(16)19/h4-10H,11H2,1-3H3;4-10H,11,19H2,1-3H3. The van der Waals surface area contributed by atoms with Gasteiger partial charge in [-0.1, -0.05) is 76.9 Å². The van der Waals surface area contributed by atoms with Crippen LogP contribution in [0.25, 0.3) is 0 Å². The molecule has 50 heavy (non-hydrogen) atoms. The Kier molecular flexibility index (Phi) is 13.3. The fraction of sp³-hybridized carbons (Fsp3) is 0.294. The Bertz CT molecular complexity index is 1990. The lowest BCUT2D eigenvalue weighted by Gasteiger charge is -2.17. The maximum absolute atomic E-state index is 12.2. The lowest BCUT2D eigenvalue weighted by Crippen LogP contribution is -2.18. The molecule has 0 fully saturated rings. The van der Waals surface area contributed by atoms with Gasteiger partial charge in [0.1, 0.15) is 11.5 Å². The summed E-state index contributed by atoms with van der Waals surface area (Å²) < 4.78 is 69.8. The highest BCUT2D eigenvalue weighted by atomic mass is 35.5. The van der Waals surface area contributed by atoms with Crippen LogP contribution in [-0.2, 0) is 28.6 Å². The summed E-state index contributed by atoms with van der Waals surface area (Å²) >= 11 is 12.0. The Morgan fingerprint density at radius 2 is 1.02 bits per heavy atom. The molecule has 4 aromatic rings. The van der Waals surface area contributed by atoms with Crippen LogP contribution in [0, 0.1) is 20.9 Å². The zero-order valence-electron chi connectivity index (χ0n) is 28.2. The Morgan fingerprint density at radius 3 is 1.40 bits per heavy atom. The first-order chi connectivity index (χ1) is 23.1. The number of ether oxygens (including phenoxy) is 2. The van der Waals surface area contributed by atoms with E-state index in [2.05, 4.69) is 0 Å². The molecule has 0 saturated heterocycles. The van der Waals surface area contributed by atoms with Gasteiger partial charge in [0.15, 0.2) is 5.75 Å². The van der Waals surface area contributed by atoms with E-state index in [9.17, 15) is 26.9 Å². The predicted octanol–water partition coefficient (Wildman–Crippen LogP) is 9.26. The molecule has 270 valence electrons. The zero-order valence-corrected chi connectivity index (χ0v) is 31.3. The summed E-state index contributed by atoms with van der Waals surface area (Å²) in [6.07, 6.45) is 0.